The van der Waals surface area contributed by atoms with Gasteiger partial charge in [0.25, 0.3) is 0 Å². The van der Waals surface area contributed by atoms with Crippen molar-refractivity contribution in [2.75, 3.05) is 31.6 Å². The van der Waals surface area contributed by atoms with Crippen molar-refractivity contribution in [3.8, 4) is 0 Å². The topological polar surface area (TPSA) is 57.7 Å². The Bertz CT molecular complexity index is 481. The summed E-state index contributed by atoms with van der Waals surface area (Å²) in [6, 6.07) is -0.478. The van der Waals surface area contributed by atoms with E-state index in [0.29, 0.717) is 18.2 Å². The van der Waals surface area contributed by atoms with Gasteiger partial charge in [-0.1, -0.05) is 19.8 Å². The third kappa shape index (κ3) is 4.61. The zero-order valence-corrected chi connectivity index (χ0v) is 15.3. The standard InChI is InChI=1S/C15H28N2O3S2/c1-3-21-13-8-4-6-10-16(12-13)15(18)14-9-5-7-11-17(14)22(2,19)20/h13-14H,3-12H2,1-2H3/t13-,14-/m1/s1. The Labute approximate surface area is 138 Å². The summed E-state index contributed by atoms with van der Waals surface area (Å²) in [4.78, 5) is 14.8. The van der Waals surface area contributed by atoms with Crippen LogP contribution in [0.25, 0.3) is 0 Å². The SMILES string of the molecule is CCS[C@@H]1CCCCN(C(=O)[C@H]2CCCCN2S(C)(=O)=O)C1. The van der Waals surface area contributed by atoms with Crippen LogP contribution in [0.15, 0.2) is 0 Å². The summed E-state index contributed by atoms with van der Waals surface area (Å²) < 4.78 is 25.4. The largest absolute Gasteiger partial charge is 0.340 e. The lowest BCUT2D eigenvalue weighted by molar-refractivity contribution is -0.136. The van der Waals surface area contributed by atoms with Gasteiger partial charge in [-0.25, -0.2) is 8.42 Å². The van der Waals surface area contributed by atoms with Crippen LogP contribution in [0.2, 0.25) is 0 Å². The van der Waals surface area contributed by atoms with Gasteiger partial charge in [0.15, 0.2) is 0 Å². The molecule has 1 amide bonds. The van der Waals surface area contributed by atoms with Gasteiger partial charge in [-0.3, -0.25) is 4.79 Å². The van der Waals surface area contributed by atoms with E-state index >= 15 is 0 Å². The van der Waals surface area contributed by atoms with Crippen LogP contribution >= 0.6 is 11.8 Å². The number of thioether (sulfide) groups is 1. The fourth-order valence-corrected chi connectivity index (χ4v) is 5.64. The molecule has 0 unspecified atom stereocenters. The smallest absolute Gasteiger partial charge is 0.241 e. The van der Waals surface area contributed by atoms with Gasteiger partial charge in [-0.15, -0.1) is 0 Å². The number of carbonyl (C=O) groups excluding carboxylic acids is 1. The number of hydrogen-bond acceptors (Lipinski definition) is 4. The van der Waals surface area contributed by atoms with Crippen LogP contribution < -0.4 is 0 Å². The molecule has 128 valence electrons. The number of sulfonamides is 1. The van der Waals surface area contributed by atoms with Gasteiger partial charge < -0.3 is 4.90 Å². The molecule has 2 saturated heterocycles. The molecule has 0 N–H and O–H groups in total. The zero-order chi connectivity index (χ0) is 16.2. The lowest BCUT2D eigenvalue weighted by Crippen LogP contribution is -2.53. The third-order valence-corrected chi connectivity index (χ3v) is 6.99. The van der Waals surface area contributed by atoms with Crippen LogP contribution in [-0.2, 0) is 14.8 Å². The Morgan fingerprint density at radius 2 is 1.82 bits per heavy atom. The van der Waals surface area contributed by atoms with Crippen LogP contribution in [0.3, 0.4) is 0 Å². The molecule has 0 bridgehead atoms. The number of piperidine rings is 1. The van der Waals surface area contributed by atoms with E-state index in [1.807, 2.05) is 16.7 Å². The number of carbonyl (C=O) groups is 1. The minimum Gasteiger partial charge on any atom is -0.340 e. The summed E-state index contributed by atoms with van der Waals surface area (Å²) in [7, 11) is -3.31. The second kappa shape index (κ2) is 8.02. The number of likely N-dealkylation sites (tertiary alicyclic amines) is 1. The van der Waals surface area contributed by atoms with Crippen molar-refractivity contribution in [1.29, 1.82) is 0 Å². The fourth-order valence-electron chi connectivity index (χ4n) is 3.43. The molecule has 7 heteroatoms. The second-order valence-electron chi connectivity index (χ2n) is 6.24. The van der Waals surface area contributed by atoms with Crippen LogP contribution in [0.4, 0.5) is 0 Å². The molecular weight excluding hydrogens is 320 g/mol. The van der Waals surface area contributed by atoms with Gasteiger partial charge in [0, 0.05) is 24.9 Å². The molecule has 0 aromatic rings. The van der Waals surface area contributed by atoms with Crippen LogP contribution in [0.5, 0.6) is 0 Å². The van der Waals surface area contributed by atoms with E-state index in [9.17, 15) is 13.2 Å². The highest BCUT2D eigenvalue weighted by molar-refractivity contribution is 7.99. The number of nitrogens with zero attached hydrogens (tertiary/aromatic N) is 2. The molecule has 0 aromatic heterocycles. The highest BCUT2D eigenvalue weighted by Gasteiger charge is 2.37. The first-order chi connectivity index (χ1) is 10.4. The molecule has 0 aliphatic carbocycles. The molecule has 0 saturated carbocycles. The molecule has 0 aromatic carbocycles. The number of rotatable bonds is 4. The maximum atomic E-state index is 12.9. The molecule has 2 aliphatic heterocycles. The second-order valence-corrected chi connectivity index (χ2v) is 9.76. The minimum absolute atomic E-state index is 0.0220. The Morgan fingerprint density at radius 3 is 2.50 bits per heavy atom. The van der Waals surface area contributed by atoms with Crippen LogP contribution in [0, 0.1) is 0 Å². The van der Waals surface area contributed by atoms with E-state index in [4.69, 9.17) is 0 Å². The minimum atomic E-state index is -3.31. The van der Waals surface area contributed by atoms with E-state index in [0.717, 1.165) is 50.9 Å². The van der Waals surface area contributed by atoms with E-state index in [1.165, 1.54) is 10.6 Å². The summed E-state index contributed by atoms with van der Waals surface area (Å²) in [5.41, 5.74) is 0. The van der Waals surface area contributed by atoms with E-state index < -0.39 is 16.1 Å². The van der Waals surface area contributed by atoms with Gasteiger partial charge >= 0.3 is 0 Å². The quantitative estimate of drug-likeness (QED) is 0.779. The van der Waals surface area contributed by atoms with E-state index in [2.05, 4.69) is 6.92 Å². The number of amides is 1. The van der Waals surface area contributed by atoms with Crippen LogP contribution in [-0.4, -0.2) is 66.5 Å². The monoisotopic (exact) mass is 348 g/mol. The maximum absolute atomic E-state index is 12.9. The predicted molar refractivity (Wildman–Crippen MR) is 91.5 cm³/mol. The molecule has 2 rings (SSSR count). The zero-order valence-electron chi connectivity index (χ0n) is 13.7. The Hall–Kier alpha value is -0.270. The molecule has 0 spiro atoms. The lowest BCUT2D eigenvalue weighted by Gasteiger charge is -2.36. The predicted octanol–water partition coefficient (Wildman–Crippen LogP) is 1.93. The first-order valence-corrected chi connectivity index (χ1v) is 11.2. The van der Waals surface area contributed by atoms with E-state index in [1.54, 1.807) is 0 Å². The third-order valence-electron chi connectivity index (χ3n) is 4.51. The first-order valence-electron chi connectivity index (χ1n) is 8.30. The van der Waals surface area contributed by atoms with Gasteiger partial charge in [-0.2, -0.15) is 16.1 Å². The van der Waals surface area contributed by atoms with Gasteiger partial charge in [-0.05, 0) is 31.4 Å². The lowest BCUT2D eigenvalue weighted by atomic mass is 10.0. The van der Waals surface area contributed by atoms with E-state index in [-0.39, 0.29) is 5.91 Å². The highest BCUT2D eigenvalue weighted by atomic mass is 32.2. The van der Waals surface area contributed by atoms with Crippen molar-refractivity contribution in [3.05, 3.63) is 0 Å². The number of hydrogen-bond donors (Lipinski definition) is 0. The molecule has 2 heterocycles. The summed E-state index contributed by atoms with van der Waals surface area (Å²) in [5.74, 6) is 1.08. The Balaban J connectivity index is 2.10. The average molecular weight is 349 g/mol. The van der Waals surface area contributed by atoms with Crippen molar-refractivity contribution in [2.45, 2.75) is 56.7 Å². The normalized spacial score (nSPS) is 28.4. The molecule has 2 aliphatic rings. The molecule has 2 fully saturated rings. The van der Waals surface area contributed by atoms with Crippen molar-refractivity contribution in [2.24, 2.45) is 0 Å². The van der Waals surface area contributed by atoms with Gasteiger partial charge in [0.1, 0.15) is 6.04 Å². The van der Waals surface area contributed by atoms with Crippen molar-refractivity contribution < 1.29 is 13.2 Å². The molecule has 2 atom stereocenters. The molecule has 0 radical (unpaired) electrons. The van der Waals surface area contributed by atoms with Crippen molar-refractivity contribution in [3.63, 3.8) is 0 Å². The highest BCUT2D eigenvalue weighted by Crippen LogP contribution is 2.26. The summed E-state index contributed by atoms with van der Waals surface area (Å²) >= 11 is 1.91. The van der Waals surface area contributed by atoms with Gasteiger partial charge in [0.05, 0.1) is 6.26 Å². The molecule has 22 heavy (non-hydrogen) atoms. The Kier molecular flexibility index (Phi) is 6.58. The summed E-state index contributed by atoms with van der Waals surface area (Å²) in [6.45, 7) is 4.17. The van der Waals surface area contributed by atoms with Crippen molar-refractivity contribution in [1.82, 2.24) is 9.21 Å². The fraction of sp³-hybridized carbons (Fsp3) is 0.933. The first kappa shape index (κ1) is 18.1. The average Bonchev–Trinajstić information content (AvgIpc) is 2.72. The maximum Gasteiger partial charge on any atom is 0.241 e. The molecule has 5 nitrogen and oxygen atoms in total. The Morgan fingerprint density at radius 1 is 1.14 bits per heavy atom. The summed E-state index contributed by atoms with van der Waals surface area (Å²) in [5, 5.41) is 0.492. The van der Waals surface area contributed by atoms with Crippen LogP contribution in [0.1, 0.15) is 45.4 Å². The summed E-state index contributed by atoms with van der Waals surface area (Å²) in [6.07, 6.45) is 7.00. The van der Waals surface area contributed by atoms with Crippen molar-refractivity contribution >= 4 is 27.7 Å². The molecular formula is C15H28N2O3S2. The van der Waals surface area contributed by atoms with Gasteiger partial charge in [0.2, 0.25) is 15.9 Å².